The van der Waals surface area contributed by atoms with Gasteiger partial charge >= 0.3 is 0 Å². The van der Waals surface area contributed by atoms with Crippen molar-refractivity contribution in [1.82, 2.24) is 0 Å². The molecule has 0 spiro atoms. The molecule has 0 fully saturated rings. The summed E-state index contributed by atoms with van der Waals surface area (Å²) in [6, 6.07) is 14.6. The minimum absolute atomic E-state index is 0.112. The Morgan fingerprint density at radius 1 is 1.33 bits per heavy atom. The van der Waals surface area contributed by atoms with Crippen molar-refractivity contribution in [2.75, 3.05) is 17.2 Å². The Hall–Kier alpha value is -2.51. The fourth-order valence-electron chi connectivity index (χ4n) is 2.42. The topological polar surface area (TPSA) is 64.9 Å². The van der Waals surface area contributed by atoms with Gasteiger partial charge in [0.05, 0.1) is 28.3 Å². The molecule has 0 bridgehead atoms. The van der Waals surface area contributed by atoms with Crippen LogP contribution >= 0.6 is 11.6 Å². The molecule has 3 rings (SSSR count). The summed E-state index contributed by atoms with van der Waals surface area (Å²) in [5, 5.41) is 15.2. The summed E-state index contributed by atoms with van der Waals surface area (Å²) in [7, 11) is 0. The summed E-state index contributed by atoms with van der Waals surface area (Å²) in [4.78, 5) is 12.4. The summed E-state index contributed by atoms with van der Waals surface area (Å²) >= 11 is 6.08. The van der Waals surface area contributed by atoms with Crippen molar-refractivity contribution in [3.05, 3.63) is 58.6 Å². The quantitative estimate of drug-likeness (QED) is 0.893. The van der Waals surface area contributed by atoms with E-state index in [9.17, 15) is 4.79 Å². The third-order valence-electron chi connectivity index (χ3n) is 3.51. The van der Waals surface area contributed by atoms with Crippen molar-refractivity contribution < 1.29 is 4.79 Å². The fraction of sp³-hybridized carbons (Fsp3) is 0.125. The molecule has 0 aliphatic carbocycles. The molecule has 1 unspecified atom stereocenters. The first-order valence-electron chi connectivity index (χ1n) is 6.52. The van der Waals surface area contributed by atoms with Gasteiger partial charge in [0, 0.05) is 12.2 Å². The van der Waals surface area contributed by atoms with Crippen LogP contribution in [-0.2, 0) is 4.79 Å². The van der Waals surface area contributed by atoms with Crippen molar-refractivity contribution in [2.24, 2.45) is 0 Å². The number of carbonyl (C=O) groups is 1. The number of benzene rings is 2. The minimum Gasteiger partial charge on any atom is -0.384 e. The van der Waals surface area contributed by atoms with E-state index in [1.165, 1.54) is 6.07 Å². The highest BCUT2D eigenvalue weighted by molar-refractivity contribution is 6.33. The Morgan fingerprint density at radius 3 is 2.90 bits per heavy atom. The lowest BCUT2D eigenvalue weighted by Gasteiger charge is -2.12. The van der Waals surface area contributed by atoms with E-state index >= 15 is 0 Å². The van der Waals surface area contributed by atoms with Crippen LogP contribution in [0.1, 0.15) is 17.0 Å². The first kappa shape index (κ1) is 13.5. The number of fused-ring (bicyclic) bond motifs is 1. The van der Waals surface area contributed by atoms with E-state index in [2.05, 4.69) is 10.6 Å². The molecule has 104 valence electrons. The van der Waals surface area contributed by atoms with Crippen molar-refractivity contribution in [3.63, 3.8) is 0 Å². The predicted octanol–water partition coefficient (Wildman–Crippen LogP) is 3.36. The molecule has 2 aromatic carbocycles. The van der Waals surface area contributed by atoms with Crippen LogP contribution in [0.25, 0.3) is 0 Å². The minimum atomic E-state index is -0.243. The Bertz CT molecular complexity index is 751. The molecular formula is C16H12ClN3O. The van der Waals surface area contributed by atoms with E-state index in [-0.39, 0.29) is 11.8 Å². The summed E-state index contributed by atoms with van der Waals surface area (Å²) in [5.41, 5.74) is 2.96. The van der Waals surface area contributed by atoms with Gasteiger partial charge in [-0.15, -0.1) is 0 Å². The van der Waals surface area contributed by atoms with Crippen molar-refractivity contribution >= 4 is 28.9 Å². The van der Waals surface area contributed by atoms with Gasteiger partial charge in [-0.3, -0.25) is 4.79 Å². The average Bonchev–Trinajstić information content (AvgIpc) is 2.93. The summed E-state index contributed by atoms with van der Waals surface area (Å²) in [6.45, 7) is 0.569. The third-order valence-corrected chi connectivity index (χ3v) is 3.82. The van der Waals surface area contributed by atoms with Gasteiger partial charge in [-0.05, 0) is 29.8 Å². The SMILES string of the molecule is N#Cc1ccc(NC(=O)C2CNc3ccccc32)c(Cl)c1. The van der Waals surface area contributed by atoms with Crippen LogP contribution in [-0.4, -0.2) is 12.5 Å². The highest BCUT2D eigenvalue weighted by Crippen LogP contribution is 2.32. The molecule has 0 aromatic heterocycles. The van der Waals surface area contributed by atoms with Gasteiger partial charge in [0.25, 0.3) is 0 Å². The molecule has 2 N–H and O–H groups in total. The van der Waals surface area contributed by atoms with Crippen LogP contribution in [0, 0.1) is 11.3 Å². The molecule has 0 saturated heterocycles. The molecule has 5 heteroatoms. The van der Waals surface area contributed by atoms with Crippen LogP contribution < -0.4 is 10.6 Å². The highest BCUT2D eigenvalue weighted by atomic mass is 35.5. The second-order valence-corrected chi connectivity index (χ2v) is 5.22. The van der Waals surface area contributed by atoms with E-state index in [1.54, 1.807) is 12.1 Å². The third kappa shape index (κ3) is 2.56. The zero-order chi connectivity index (χ0) is 14.8. The second-order valence-electron chi connectivity index (χ2n) is 4.82. The smallest absolute Gasteiger partial charge is 0.233 e. The van der Waals surface area contributed by atoms with Gasteiger partial charge in [0.15, 0.2) is 0 Å². The number of nitrogens with zero attached hydrogens (tertiary/aromatic N) is 1. The maximum atomic E-state index is 12.4. The highest BCUT2D eigenvalue weighted by Gasteiger charge is 2.28. The van der Waals surface area contributed by atoms with E-state index in [0.717, 1.165) is 11.3 Å². The maximum absolute atomic E-state index is 12.4. The van der Waals surface area contributed by atoms with Crippen LogP contribution in [0.3, 0.4) is 0 Å². The fourth-order valence-corrected chi connectivity index (χ4v) is 2.65. The number of nitriles is 1. The Balaban J connectivity index is 1.81. The molecule has 1 aliphatic heterocycles. The Kier molecular flexibility index (Phi) is 3.51. The lowest BCUT2D eigenvalue weighted by Crippen LogP contribution is -2.22. The Labute approximate surface area is 127 Å². The molecule has 1 amide bonds. The number of hydrogen-bond acceptors (Lipinski definition) is 3. The second kappa shape index (κ2) is 5.47. The van der Waals surface area contributed by atoms with Gasteiger partial charge in [0.1, 0.15) is 0 Å². The van der Waals surface area contributed by atoms with Crippen LogP contribution in [0.15, 0.2) is 42.5 Å². The monoisotopic (exact) mass is 297 g/mol. The van der Waals surface area contributed by atoms with Gasteiger partial charge in [-0.25, -0.2) is 0 Å². The number of anilines is 2. The zero-order valence-electron chi connectivity index (χ0n) is 11.1. The van der Waals surface area contributed by atoms with E-state index in [0.29, 0.717) is 22.8 Å². The molecule has 1 atom stereocenters. The van der Waals surface area contributed by atoms with Crippen LogP contribution in [0.4, 0.5) is 11.4 Å². The number of amides is 1. The summed E-state index contributed by atoms with van der Waals surface area (Å²) in [5.74, 6) is -0.355. The average molecular weight is 298 g/mol. The van der Waals surface area contributed by atoms with Gasteiger partial charge in [-0.1, -0.05) is 29.8 Å². The van der Waals surface area contributed by atoms with Crippen LogP contribution in [0.5, 0.6) is 0 Å². The number of halogens is 1. The first-order chi connectivity index (χ1) is 10.2. The van der Waals surface area contributed by atoms with Gasteiger partial charge < -0.3 is 10.6 Å². The molecule has 0 radical (unpaired) electrons. The molecular weight excluding hydrogens is 286 g/mol. The molecule has 4 nitrogen and oxygen atoms in total. The van der Waals surface area contributed by atoms with E-state index in [1.807, 2.05) is 30.3 Å². The normalized spacial score (nSPS) is 15.7. The van der Waals surface area contributed by atoms with Gasteiger partial charge in [0.2, 0.25) is 5.91 Å². The molecule has 1 heterocycles. The zero-order valence-corrected chi connectivity index (χ0v) is 11.8. The molecule has 21 heavy (non-hydrogen) atoms. The van der Waals surface area contributed by atoms with Crippen LogP contribution in [0.2, 0.25) is 5.02 Å². The lowest BCUT2D eigenvalue weighted by atomic mass is 10.0. The van der Waals surface area contributed by atoms with Crippen molar-refractivity contribution in [3.8, 4) is 6.07 Å². The first-order valence-corrected chi connectivity index (χ1v) is 6.90. The molecule has 2 aromatic rings. The largest absolute Gasteiger partial charge is 0.384 e. The Morgan fingerprint density at radius 2 is 2.14 bits per heavy atom. The summed E-state index contributed by atoms with van der Waals surface area (Å²) in [6.07, 6.45) is 0. The van der Waals surface area contributed by atoms with Crippen molar-refractivity contribution in [1.29, 1.82) is 5.26 Å². The molecule has 0 saturated carbocycles. The number of hydrogen-bond donors (Lipinski definition) is 2. The molecule has 1 aliphatic rings. The number of carbonyl (C=O) groups excluding carboxylic acids is 1. The van der Waals surface area contributed by atoms with Crippen molar-refractivity contribution in [2.45, 2.75) is 5.92 Å². The predicted molar refractivity (Wildman–Crippen MR) is 82.5 cm³/mol. The number of para-hydroxylation sites is 1. The standard InChI is InChI=1S/C16H12ClN3O/c17-13-7-10(8-18)5-6-15(13)20-16(21)12-9-19-14-4-2-1-3-11(12)14/h1-7,12,19H,9H2,(H,20,21). The van der Waals surface area contributed by atoms with E-state index in [4.69, 9.17) is 16.9 Å². The number of nitrogens with one attached hydrogen (secondary N) is 2. The van der Waals surface area contributed by atoms with E-state index < -0.39 is 0 Å². The van der Waals surface area contributed by atoms with Gasteiger partial charge in [-0.2, -0.15) is 5.26 Å². The number of rotatable bonds is 2. The maximum Gasteiger partial charge on any atom is 0.233 e. The lowest BCUT2D eigenvalue weighted by molar-refractivity contribution is -0.117. The summed E-state index contributed by atoms with van der Waals surface area (Å²) < 4.78 is 0.